The van der Waals surface area contributed by atoms with Gasteiger partial charge in [-0.05, 0) is 97.2 Å². The van der Waals surface area contributed by atoms with Crippen LogP contribution in [0.4, 0.5) is 0 Å². The van der Waals surface area contributed by atoms with E-state index < -0.39 is 0 Å². The Balaban J connectivity index is 1.57. The maximum Gasteiger partial charge on any atom is 0.0704 e. The molecule has 6 aromatic carbocycles. The number of benzene rings is 6. The summed E-state index contributed by atoms with van der Waals surface area (Å²) in [5.41, 5.74) is 9.82. The lowest BCUT2D eigenvalue weighted by Gasteiger charge is -2.19. The first-order valence-electron chi connectivity index (χ1n) is 13.7. The van der Waals surface area contributed by atoms with Crippen molar-refractivity contribution in [3.63, 3.8) is 0 Å². The van der Waals surface area contributed by atoms with Crippen LogP contribution in [0.1, 0.15) is 18.1 Å². The first-order chi connectivity index (χ1) is 19.2. The van der Waals surface area contributed by atoms with Crippen molar-refractivity contribution in [1.82, 2.24) is 4.98 Å². The van der Waals surface area contributed by atoms with E-state index in [4.69, 9.17) is 0 Å². The summed E-state index contributed by atoms with van der Waals surface area (Å²) < 4.78 is 0. The summed E-state index contributed by atoms with van der Waals surface area (Å²) in [6.07, 6.45) is 2.92. The number of hydrogen-bond donors (Lipinski definition) is 0. The normalized spacial score (nSPS) is 11.4. The van der Waals surface area contributed by atoms with Gasteiger partial charge in [0, 0.05) is 11.8 Å². The fourth-order valence-electron chi connectivity index (χ4n) is 6.16. The van der Waals surface area contributed by atoms with Gasteiger partial charge in [-0.15, -0.1) is 0 Å². The Hall–Kier alpha value is -4.75. The Morgan fingerprint density at radius 2 is 1.10 bits per heavy atom. The van der Waals surface area contributed by atoms with Crippen LogP contribution in [0.5, 0.6) is 0 Å². The molecule has 0 bridgehead atoms. The molecule has 0 fully saturated rings. The molecule has 7 rings (SSSR count). The van der Waals surface area contributed by atoms with Crippen molar-refractivity contribution < 1.29 is 0 Å². The highest BCUT2D eigenvalue weighted by Crippen LogP contribution is 2.45. The van der Waals surface area contributed by atoms with Crippen LogP contribution in [-0.2, 0) is 6.42 Å². The highest BCUT2D eigenvalue weighted by molar-refractivity contribution is 6.23. The van der Waals surface area contributed by atoms with Crippen molar-refractivity contribution in [3.05, 3.63) is 139 Å². The summed E-state index contributed by atoms with van der Waals surface area (Å²) in [6.45, 7) is 4.35. The second kappa shape index (κ2) is 9.53. The summed E-state index contributed by atoms with van der Waals surface area (Å²) in [5, 5.41) is 7.74. The first kappa shape index (κ1) is 23.4. The lowest BCUT2D eigenvalue weighted by molar-refractivity contribution is 1.16. The summed E-state index contributed by atoms with van der Waals surface area (Å²) in [7, 11) is 0. The zero-order chi connectivity index (χ0) is 26.3. The second-order valence-corrected chi connectivity index (χ2v) is 10.3. The molecule has 0 atom stereocenters. The number of hydrogen-bond acceptors (Lipinski definition) is 1. The highest BCUT2D eigenvalue weighted by atomic mass is 14.7. The molecule has 1 nitrogen and oxygen atoms in total. The molecule has 0 aliphatic carbocycles. The van der Waals surface area contributed by atoms with E-state index in [1.54, 1.807) is 0 Å². The van der Waals surface area contributed by atoms with Crippen molar-refractivity contribution in [3.8, 4) is 33.5 Å². The molecule has 0 unspecified atom stereocenters. The number of fused-ring (bicyclic) bond motifs is 3. The van der Waals surface area contributed by atoms with E-state index in [0.717, 1.165) is 17.7 Å². The van der Waals surface area contributed by atoms with Gasteiger partial charge in [0.2, 0.25) is 0 Å². The van der Waals surface area contributed by atoms with Crippen LogP contribution in [0.3, 0.4) is 0 Å². The van der Waals surface area contributed by atoms with Crippen molar-refractivity contribution >= 4 is 32.3 Å². The first-order valence-corrected chi connectivity index (χ1v) is 13.7. The van der Waals surface area contributed by atoms with Gasteiger partial charge in [0.1, 0.15) is 0 Å². The summed E-state index contributed by atoms with van der Waals surface area (Å²) in [5.74, 6) is 0. The molecule has 0 saturated heterocycles. The van der Waals surface area contributed by atoms with Gasteiger partial charge in [0.25, 0.3) is 0 Å². The molecule has 39 heavy (non-hydrogen) atoms. The largest absolute Gasteiger partial charge is 0.256 e. The van der Waals surface area contributed by atoms with E-state index in [1.807, 2.05) is 12.3 Å². The van der Waals surface area contributed by atoms with Gasteiger partial charge >= 0.3 is 0 Å². The average molecular weight is 500 g/mol. The molecule has 0 radical (unpaired) electrons. The SMILES string of the molecule is CCc1cccc2c(-c3c4ccccc4c(-c4cccc(-c5cc(C)ccn5)c4)c4ccccc34)cccc12. The van der Waals surface area contributed by atoms with E-state index in [1.165, 1.54) is 65.7 Å². The van der Waals surface area contributed by atoms with Gasteiger partial charge in [-0.1, -0.05) is 110 Å². The van der Waals surface area contributed by atoms with Gasteiger partial charge in [-0.3, -0.25) is 4.98 Å². The Kier molecular flexibility index (Phi) is 5.71. The minimum absolute atomic E-state index is 1.00. The Bertz CT molecular complexity index is 1960. The maximum atomic E-state index is 4.67. The van der Waals surface area contributed by atoms with Crippen molar-refractivity contribution in [2.45, 2.75) is 20.3 Å². The quantitative estimate of drug-likeness (QED) is 0.220. The molecule has 0 aliphatic heterocycles. The molecule has 0 amide bonds. The molecule has 1 aromatic heterocycles. The number of rotatable bonds is 4. The summed E-state index contributed by atoms with van der Waals surface area (Å²) in [4.78, 5) is 4.67. The van der Waals surface area contributed by atoms with E-state index in [9.17, 15) is 0 Å². The number of nitrogens with zero attached hydrogens (tertiary/aromatic N) is 1. The molecular formula is C38H29N. The zero-order valence-electron chi connectivity index (χ0n) is 22.3. The molecule has 7 aromatic rings. The monoisotopic (exact) mass is 499 g/mol. The topological polar surface area (TPSA) is 12.9 Å². The van der Waals surface area contributed by atoms with Crippen LogP contribution < -0.4 is 0 Å². The van der Waals surface area contributed by atoms with Gasteiger partial charge in [-0.25, -0.2) is 0 Å². The Morgan fingerprint density at radius 3 is 1.79 bits per heavy atom. The molecule has 0 spiro atoms. The van der Waals surface area contributed by atoms with E-state index in [0.29, 0.717) is 0 Å². The van der Waals surface area contributed by atoms with Crippen LogP contribution in [0.2, 0.25) is 0 Å². The second-order valence-electron chi connectivity index (χ2n) is 10.3. The molecule has 1 heterocycles. The molecule has 186 valence electrons. The van der Waals surface area contributed by atoms with Crippen LogP contribution >= 0.6 is 0 Å². The molecule has 0 aliphatic rings. The van der Waals surface area contributed by atoms with Gasteiger partial charge in [0.05, 0.1) is 5.69 Å². The maximum absolute atomic E-state index is 4.67. The lowest BCUT2D eigenvalue weighted by Crippen LogP contribution is -1.93. The van der Waals surface area contributed by atoms with Crippen molar-refractivity contribution in [2.24, 2.45) is 0 Å². The number of aryl methyl sites for hydroxylation is 2. The van der Waals surface area contributed by atoms with Crippen LogP contribution in [0.15, 0.2) is 128 Å². The fraction of sp³-hybridized carbons (Fsp3) is 0.0789. The smallest absolute Gasteiger partial charge is 0.0704 e. The fourth-order valence-corrected chi connectivity index (χ4v) is 6.16. The van der Waals surface area contributed by atoms with Gasteiger partial charge < -0.3 is 0 Å². The lowest BCUT2D eigenvalue weighted by atomic mass is 9.84. The molecule has 1 heteroatoms. The minimum atomic E-state index is 1.00. The third-order valence-electron chi connectivity index (χ3n) is 7.96. The summed E-state index contributed by atoms with van der Waals surface area (Å²) in [6, 6.07) is 44.3. The minimum Gasteiger partial charge on any atom is -0.256 e. The third kappa shape index (κ3) is 3.90. The Morgan fingerprint density at radius 1 is 0.513 bits per heavy atom. The molecule has 0 N–H and O–H groups in total. The highest BCUT2D eigenvalue weighted by Gasteiger charge is 2.18. The molecule has 0 saturated carbocycles. The standard InChI is InChI=1S/C38H29N/c1-3-26-11-9-19-30-29(26)18-10-20-31(30)38-34-16-6-4-14-32(34)37(33-15-5-7-17-35(33)38)28-13-8-12-27(24-28)36-23-25(2)21-22-39-36/h4-24H,3H2,1-2H3. The predicted molar refractivity (Wildman–Crippen MR) is 167 cm³/mol. The zero-order valence-corrected chi connectivity index (χ0v) is 22.3. The molecular weight excluding hydrogens is 470 g/mol. The van der Waals surface area contributed by atoms with Gasteiger partial charge in [-0.2, -0.15) is 0 Å². The van der Waals surface area contributed by atoms with E-state index >= 15 is 0 Å². The van der Waals surface area contributed by atoms with Gasteiger partial charge in [0.15, 0.2) is 0 Å². The van der Waals surface area contributed by atoms with Crippen molar-refractivity contribution in [2.75, 3.05) is 0 Å². The third-order valence-corrected chi connectivity index (χ3v) is 7.96. The van der Waals surface area contributed by atoms with Crippen LogP contribution in [0.25, 0.3) is 65.8 Å². The number of pyridine rings is 1. The van der Waals surface area contributed by atoms with Crippen LogP contribution in [-0.4, -0.2) is 4.98 Å². The van der Waals surface area contributed by atoms with E-state index in [2.05, 4.69) is 134 Å². The van der Waals surface area contributed by atoms with Crippen molar-refractivity contribution in [1.29, 1.82) is 0 Å². The van der Waals surface area contributed by atoms with E-state index in [-0.39, 0.29) is 0 Å². The predicted octanol–water partition coefficient (Wildman–Crippen LogP) is 10.4. The summed E-state index contributed by atoms with van der Waals surface area (Å²) >= 11 is 0. The number of aromatic nitrogens is 1. The Labute approximate surface area is 229 Å². The van der Waals surface area contributed by atoms with Crippen LogP contribution in [0, 0.1) is 6.92 Å². The average Bonchev–Trinajstić information content (AvgIpc) is 2.99.